The molecule has 2 N–H and O–H groups in total. The molecule has 0 saturated carbocycles. The molecule has 0 bridgehead atoms. The normalized spacial score (nSPS) is 12.5. The summed E-state index contributed by atoms with van der Waals surface area (Å²) in [6, 6.07) is 12.1. The highest BCUT2D eigenvalue weighted by Gasteiger charge is 2.27. The molecule has 1 heterocycles. The second-order valence-electron chi connectivity index (χ2n) is 8.25. The van der Waals surface area contributed by atoms with Crippen LogP contribution in [-0.4, -0.2) is 48.7 Å². The number of sulfonamides is 1. The number of amides is 2. The zero-order valence-electron chi connectivity index (χ0n) is 20.2. The Morgan fingerprint density at radius 1 is 1.06 bits per heavy atom. The molecule has 3 rings (SSSR count). The summed E-state index contributed by atoms with van der Waals surface area (Å²) in [5, 5.41) is 5.57. The molecular weight excluding hydrogens is 468 g/mol. The van der Waals surface area contributed by atoms with E-state index in [4.69, 9.17) is 4.42 Å². The van der Waals surface area contributed by atoms with E-state index >= 15 is 0 Å². The second-order valence-corrected chi connectivity index (χ2v) is 10.2. The van der Waals surface area contributed by atoms with E-state index in [0.29, 0.717) is 24.5 Å². The maximum Gasteiger partial charge on any atom is 0.251 e. The summed E-state index contributed by atoms with van der Waals surface area (Å²) in [4.78, 5) is 30.0. The van der Waals surface area contributed by atoms with Gasteiger partial charge in [0, 0.05) is 29.9 Å². The number of aromatic nitrogens is 1. The first-order valence-electron chi connectivity index (χ1n) is 11.4. The molecule has 0 fully saturated rings. The molecule has 3 aromatic rings. The fourth-order valence-corrected chi connectivity index (χ4v) is 5.10. The van der Waals surface area contributed by atoms with Gasteiger partial charge in [-0.2, -0.15) is 4.31 Å². The fourth-order valence-electron chi connectivity index (χ4n) is 3.60. The van der Waals surface area contributed by atoms with Crippen LogP contribution in [0.25, 0.3) is 11.3 Å². The lowest BCUT2D eigenvalue weighted by atomic mass is 10.0. The molecule has 1 aromatic heterocycles. The highest BCUT2D eigenvalue weighted by Crippen LogP contribution is 2.23. The zero-order chi connectivity index (χ0) is 25.6. The van der Waals surface area contributed by atoms with Gasteiger partial charge in [0.1, 0.15) is 6.04 Å². The number of nitrogens with one attached hydrogen (secondary N) is 2. The van der Waals surface area contributed by atoms with E-state index in [0.717, 1.165) is 5.56 Å². The summed E-state index contributed by atoms with van der Waals surface area (Å²) in [6.45, 7) is 7.79. The highest BCUT2D eigenvalue weighted by atomic mass is 32.2. The van der Waals surface area contributed by atoms with Crippen LogP contribution in [0.2, 0.25) is 0 Å². The predicted molar refractivity (Wildman–Crippen MR) is 133 cm³/mol. The smallest absolute Gasteiger partial charge is 0.251 e. The highest BCUT2D eigenvalue weighted by molar-refractivity contribution is 7.89. The molecule has 10 heteroatoms. The minimum absolute atomic E-state index is 0.0311. The van der Waals surface area contributed by atoms with E-state index in [-0.39, 0.29) is 16.4 Å². The number of rotatable bonds is 10. The molecule has 0 saturated heterocycles. The second kappa shape index (κ2) is 11.3. The van der Waals surface area contributed by atoms with Crippen molar-refractivity contribution in [2.75, 3.05) is 18.4 Å². The van der Waals surface area contributed by atoms with Gasteiger partial charge in [0.15, 0.2) is 12.2 Å². The van der Waals surface area contributed by atoms with Crippen LogP contribution in [0, 0.1) is 5.92 Å². The molecular formula is C25H30N4O5S. The van der Waals surface area contributed by atoms with Gasteiger partial charge in [-0.1, -0.05) is 45.9 Å². The Bertz CT molecular complexity index is 1270. The third-order valence-corrected chi connectivity index (χ3v) is 7.57. The molecule has 2 aromatic carbocycles. The van der Waals surface area contributed by atoms with Crippen LogP contribution in [0.4, 0.5) is 5.69 Å². The lowest BCUT2D eigenvalue weighted by Gasteiger charge is -2.22. The summed E-state index contributed by atoms with van der Waals surface area (Å²) >= 11 is 0. The number of carbonyl (C=O) groups excluding carboxylic acids is 2. The molecule has 35 heavy (non-hydrogen) atoms. The van der Waals surface area contributed by atoms with Crippen molar-refractivity contribution in [3.8, 4) is 11.3 Å². The summed E-state index contributed by atoms with van der Waals surface area (Å²) in [6.07, 6.45) is 2.90. The number of hydrogen-bond acceptors (Lipinski definition) is 6. The molecule has 2 amide bonds. The molecule has 0 aliphatic carbocycles. The van der Waals surface area contributed by atoms with Gasteiger partial charge in [-0.25, -0.2) is 13.4 Å². The Kier molecular flexibility index (Phi) is 8.42. The van der Waals surface area contributed by atoms with Crippen LogP contribution >= 0.6 is 0 Å². The van der Waals surface area contributed by atoms with Crippen LogP contribution in [0.3, 0.4) is 0 Å². The first-order chi connectivity index (χ1) is 16.7. The lowest BCUT2D eigenvalue weighted by Crippen LogP contribution is -2.47. The monoisotopic (exact) mass is 498 g/mol. The van der Waals surface area contributed by atoms with E-state index < -0.39 is 27.9 Å². The first kappa shape index (κ1) is 26.1. The molecule has 0 aliphatic heterocycles. The molecule has 186 valence electrons. The summed E-state index contributed by atoms with van der Waals surface area (Å²) in [5.74, 6) is -0.589. The number of carbonyl (C=O) groups is 2. The number of oxazole rings is 1. The average Bonchev–Trinajstić information content (AvgIpc) is 3.38. The van der Waals surface area contributed by atoms with Crippen LogP contribution in [0.15, 0.2) is 70.4 Å². The number of nitrogens with zero attached hydrogens (tertiary/aromatic N) is 2. The van der Waals surface area contributed by atoms with E-state index in [9.17, 15) is 18.0 Å². The topological polar surface area (TPSA) is 122 Å². The third kappa shape index (κ3) is 6.14. The fraction of sp³-hybridized carbons (Fsp3) is 0.320. The van der Waals surface area contributed by atoms with Gasteiger partial charge in [0.25, 0.3) is 5.91 Å². The van der Waals surface area contributed by atoms with Crippen molar-refractivity contribution in [1.82, 2.24) is 14.6 Å². The quantitative estimate of drug-likeness (QED) is 0.439. The molecule has 1 atom stereocenters. The zero-order valence-corrected chi connectivity index (χ0v) is 21.0. The average molecular weight is 499 g/mol. The van der Waals surface area contributed by atoms with Crippen molar-refractivity contribution in [2.24, 2.45) is 5.92 Å². The van der Waals surface area contributed by atoms with E-state index in [1.54, 1.807) is 38.2 Å². The number of anilines is 1. The largest absolute Gasteiger partial charge is 0.444 e. The van der Waals surface area contributed by atoms with Gasteiger partial charge in [-0.15, -0.1) is 0 Å². The summed E-state index contributed by atoms with van der Waals surface area (Å²) < 4.78 is 32.3. The third-order valence-electron chi connectivity index (χ3n) is 5.52. The van der Waals surface area contributed by atoms with E-state index in [1.165, 1.54) is 35.0 Å². The Morgan fingerprint density at radius 2 is 1.77 bits per heavy atom. The van der Waals surface area contributed by atoms with Crippen molar-refractivity contribution >= 4 is 27.5 Å². The van der Waals surface area contributed by atoms with Crippen molar-refractivity contribution in [3.05, 3.63) is 66.7 Å². The van der Waals surface area contributed by atoms with Crippen LogP contribution in [-0.2, 0) is 14.8 Å². The summed E-state index contributed by atoms with van der Waals surface area (Å²) in [7, 11) is -3.72. The SMILES string of the molecule is CCN(CC)S(=O)(=O)c1cccc(C(=O)NC(C(=O)Nc2cccc(-c3cnco3)c2)C(C)C)c1. The van der Waals surface area contributed by atoms with Gasteiger partial charge < -0.3 is 15.1 Å². The van der Waals surface area contributed by atoms with Crippen LogP contribution in [0.5, 0.6) is 0 Å². The maximum atomic E-state index is 13.0. The van der Waals surface area contributed by atoms with Gasteiger partial charge in [-0.3, -0.25) is 9.59 Å². The number of benzene rings is 2. The Hall–Kier alpha value is -3.50. The van der Waals surface area contributed by atoms with Gasteiger partial charge in [0.05, 0.1) is 11.1 Å². The lowest BCUT2D eigenvalue weighted by molar-refractivity contribution is -0.118. The Morgan fingerprint density at radius 3 is 2.40 bits per heavy atom. The standard InChI is InChI=1S/C25H30N4O5S/c1-5-29(6-2)35(32,33)21-12-8-10-19(14-21)24(30)28-23(17(3)4)25(31)27-20-11-7-9-18(13-20)22-15-26-16-34-22/h7-17,23H,5-6H2,1-4H3,(H,27,31)(H,28,30). The number of hydrogen-bond donors (Lipinski definition) is 2. The van der Waals surface area contributed by atoms with Crippen LogP contribution in [0.1, 0.15) is 38.1 Å². The van der Waals surface area contributed by atoms with E-state index in [2.05, 4.69) is 15.6 Å². The first-order valence-corrected chi connectivity index (χ1v) is 12.8. The minimum Gasteiger partial charge on any atom is -0.444 e. The van der Waals surface area contributed by atoms with Crippen LogP contribution < -0.4 is 10.6 Å². The van der Waals surface area contributed by atoms with Crippen molar-refractivity contribution in [3.63, 3.8) is 0 Å². The molecule has 9 nitrogen and oxygen atoms in total. The maximum absolute atomic E-state index is 13.0. The molecule has 0 aliphatic rings. The minimum atomic E-state index is -3.72. The Balaban J connectivity index is 1.77. The van der Waals surface area contributed by atoms with Crippen molar-refractivity contribution in [1.29, 1.82) is 0 Å². The van der Waals surface area contributed by atoms with Crippen molar-refractivity contribution in [2.45, 2.75) is 38.6 Å². The van der Waals surface area contributed by atoms with E-state index in [1.807, 2.05) is 19.9 Å². The van der Waals surface area contributed by atoms with Gasteiger partial charge in [-0.05, 0) is 36.2 Å². The molecule has 1 unspecified atom stereocenters. The van der Waals surface area contributed by atoms with Gasteiger partial charge in [0.2, 0.25) is 15.9 Å². The summed E-state index contributed by atoms with van der Waals surface area (Å²) in [5.41, 5.74) is 1.44. The predicted octanol–water partition coefficient (Wildman–Crippen LogP) is 3.77. The van der Waals surface area contributed by atoms with Crippen molar-refractivity contribution < 1.29 is 22.4 Å². The molecule has 0 spiro atoms. The Labute approximate surface area is 205 Å². The molecule has 0 radical (unpaired) electrons. The van der Waals surface area contributed by atoms with Gasteiger partial charge >= 0.3 is 0 Å².